The van der Waals surface area contributed by atoms with Gasteiger partial charge in [0.15, 0.2) is 0 Å². The number of ether oxygens (including phenoxy) is 3. The third-order valence-electron chi connectivity index (χ3n) is 3.01. The Bertz CT molecular complexity index is 546. The second-order valence-corrected chi connectivity index (χ2v) is 5.31. The molecule has 1 unspecified atom stereocenters. The Labute approximate surface area is 123 Å². The zero-order chi connectivity index (χ0) is 14.5. The fourth-order valence-corrected chi connectivity index (χ4v) is 2.91. The predicted octanol–water partition coefficient (Wildman–Crippen LogP) is 3.15. The van der Waals surface area contributed by atoms with Gasteiger partial charge in [-0.2, -0.15) is 0 Å². The van der Waals surface area contributed by atoms with Crippen molar-refractivity contribution in [3.05, 3.63) is 40.1 Å². The highest BCUT2D eigenvalue weighted by molar-refractivity contribution is 7.10. The minimum absolute atomic E-state index is 0.160. The summed E-state index contributed by atoms with van der Waals surface area (Å²) >= 11 is 1.65. The lowest BCUT2D eigenvalue weighted by Gasteiger charge is -2.18. The van der Waals surface area contributed by atoms with Crippen LogP contribution in [0.5, 0.6) is 17.2 Å². The molecule has 1 heterocycles. The van der Waals surface area contributed by atoms with Crippen LogP contribution in [0.15, 0.2) is 29.6 Å². The normalized spacial score (nSPS) is 12.0. The van der Waals surface area contributed by atoms with Gasteiger partial charge in [-0.1, -0.05) is 0 Å². The van der Waals surface area contributed by atoms with Crippen LogP contribution < -0.4 is 19.9 Å². The standard InChI is InChI=1S/C15H19NO3S/c1-10-4-5-20-15(10)14(9-16)19-13-7-11(17-2)6-12(8-13)18-3/h4-8,14H,9,16H2,1-3H3. The van der Waals surface area contributed by atoms with Gasteiger partial charge in [0.25, 0.3) is 0 Å². The average Bonchev–Trinajstić information content (AvgIpc) is 2.90. The van der Waals surface area contributed by atoms with E-state index in [2.05, 4.69) is 13.0 Å². The summed E-state index contributed by atoms with van der Waals surface area (Å²) in [5.74, 6) is 2.07. The molecule has 20 heavy (non-hydrogen) atoms. The quantitative estimate of drug-likeness (QED) is 0.889. The van der Waals surface area contributed by atoms with Gasteiger partial charge in [-0.25, -0.2) is 0 Å². The number of hydrogen-bond donors (Lipinski definition) is 1. The monoisotopic (exact) mass is 293 g/mol. The topological polar surface area (TPSA) is 53.7 Å². The van der Waals surface area contributed by atoms with Crippen LogP contribution >= 0.6 is 11.3 Å². The second-order valence-electron chi connectivity index (χ2n) is 4.36. The second kappa shape index (κ2) is 6.63. The first-order valence-corrected chi connectivity index (χ1v) is 7.19. The number of hydrogen-bond acceptors (Lipinski definition) is 5. The molecule has 0 aliphatic rings. The zero-order valence-electron chi connectivity index (χ0n) is 11.9. The number of rotatable bonds is 6. The maximum atomic E-state index is 6.00. The van der Waals surface area contributed by atoms with E-state index in [0.717, 1.165) is 4.88 Å². The molecule has 0 saturated carbocycles. The van der Waals surface area contributed by atoms with E-state index in [1.165, 1.54) is 5.56 Å². The van der Waals surface area contributed by atoms with Gasteiger partial charge in [0.1, 0.15) is 23.4 Å². The van der Waals surface area contributed by atoms with Crippen LogP contribution in [0.3, 0.4) is 0 Å². The molecule has 1 atom stereocenters. The summed E-state index contributed by atoms with van der Waals surface area (Å²) in [7, 11) is 3.23. The Hall–Kier alpha value is -1.72. The van der Waals surface area contributed by atoms with Crippen LogP contribution in [-0.2, 0) is 0 Å². The highest BCUT2D eigenvalue weighted by Gasteiger charge is 2.16. The zero-order valence-corrected chi connectivity index (χ0v) is 12.7. The van der Waals surface area contributed by atoms with Crippen molar-refractivity contribution in [1.82, 2.24) is 0 Å². The molecule has 0 aliphatic heterocycles. The van der Waals surface area contributed by atoms with E-state index < -0.39 is 0 Å². The summed E-state index contributed by atoms with van der Waals surface area (Å²) < 4.78 is 16.5. The van der Waals surface area contributed by atoms with Crippen molar-refractivity contribution in [3.8, 4) is 17.2 Å². The van der Waals surface area contributed by atoms with E-state index in [0.29, 0.717) is 23.8 Å². The molecule has 0 radical (unpaired) electrons. The Kier molecular flexibility index (Phi) is 4.87. The summed E-state index contributed by atoms with van der Waals surface area (Å²) in [6.45, 7) is 2.48. The van der Waals surface area contributed by atoms with Crippen molar-refractivity contribution in [2.75, 3.05) is 20.8 Å². The Morgan fingerprint density at radius 3 is 2.15 bits per heavy atom. The van der Waals surface area contributed by atoms with Crippen LogP contribution in [0.25, 0.3) is 0 Å². The molecule has 0 spiro atoms. The smallest absolute Gasteiger partial charge is 0.145 e. The van der Waals surface area contributed by atoms with Crippen LogP contribution in [0.1, 0.15) is 16.5 Å². The average molecular weight is 293 g/mol. The van der Waals surface area contributed by atoms with Crippen LogP contribution in [0.4, 0.5) is 0 Å². The first-order valence-electron chi connectivity index (χ1n) is 6.31. The van der Waals surface area contributed by atoms with Gasteiger partial charge in [-0.3, -0.25) is 0 Å². The third kappa shape index (κ3) is 3.23. The molecule has 5 heteroatoms. The molecular formula is C15H19NO3S. The van der Waals surface area contributed by atoms with E-state index in [4.69, 9.17) is 19.9 Å². The summed E-state index contributed by atoms with van der Waals surface area (Å²) in [5.41, 5.74) is 7.04. The lowest BCUT2D eigenvalue weighted by Crippen LogP contribution is -2.18. The molecule has 0 bridgehead atoms. The van der Waals surface area contributed by atoms with Crippen LogP contribution in [-0.4, -0.2) is 20.8 Å². The maximum Gasteiger partial charge on any atom is 0.145 e. The first-order chi connectivity index (χ1) is 9.67. The number of methoxy groups -OCH3 is 2. The Morgan fingerprint density at radius 2 is 1.70 bits per heavy atom. The molecule has 2 aromatic rings. The van der Waals surface area contributed by atoms with Crippen molar-refractivity contribution in [1.29, 1.82) is 0 Å². The minimum atomic E-state index is -0.160. The Morgan fingerprint density at radius 1 is 1.10 bits per heavy atom. The highest BCUT2D eigenvalue weighted by Crippen LogP contribution is 2.32. The molecule has 2 rings (SSSR count). The largest absolute Gasteiger partial charge is 0.496 e. The SMILES string of the molecule is COc1cc(OC)cc(OC(CN)c2sccc2C)c1. The van der Waals surface area contributed by atoms with Gasteiger partial charge < -0.3 is 19.9 Å². The van der Waals surface area contributed by atoms with Crippen LogP contribution in [0, 0.1) is 6.92 Å². The summed E-state index contributed by atoms with van der Waals surface area (Å²) in [6.07, 6.45) is -0.160. The number of nitrogens with two attached hydrogens (primary N) is 1. The highest BCUT2D eigenvalue weighted by atomic mass is 32.1. The number of aryl methyl sites for hydroxylation is 1. The summed E-state index contributed by atoms with van der Waals surface area (Å²) in [4.78, 5) is 1.15. The van der Waals surface area contributed by atoms with E-state index >= 15 is 0 Å². The Balaban J connectivity index is 2.25. The third-order valence-corrected chi connectivity index (χ3v) is 4.12. The van der Waals surface area contributed by atoms with Gasteiger partial charge in [0.05, 0.1) is 14.2 Å². The van der Waals surface area contributed by atoms with Crippen molar-refractivity contribution in [2.45, 2.75) is 13.0 Å². The van der Waals surface area contributed by atoms with E-state index in [-0.39, 0.29) is 6.10 Å². The van der Waals surface area contributed by atoms with Gasteiger partial charge in [0.2, 0.25) is 0 Å². The van der Waals surface area contributed by atoms with Crippen molar-refractivity contribution in [3.63, 3.8) is 0 Å². The fraction of sp³-hybridized carbons (Fsp3) is 0.333. The maximum absolute atomic E-state index is 6.00. The minimum Gasteiger partial charge on any atom is -0.496 e. The molecule has 1 aromatic heterocycles. The van der Waals surface area contributed by atoms with Gasteiger partial charge in [0, 0.05) is 29.6 Å². The van der Waals surface area contributed by atoms with E-state index in [1.54, 1.807) is 31.6 Å². The first kappa shape index (κ1) is 14.7. The van der Waals surface area contributed by atoms with Gasteiger partial charge >= 0.3 is 0 Å². The van der Waals surface area contributed by atoms with E-state index in [9.17, 15) is 0 Å². The number of benzene rings is 1. The predicted molar refractivity (Wildman–Crippen MR) is 81.0 cm³/mol. The van der Waals surface area contributed by atoms with Crippen LogP contribution in [0.2, 0.25) is 0 Å². The van der Waals surface area contributed by atoms with Crippen molar-refractivity contribution in [2.24, 2.45) is 5.73 Å². The van der Waals surface area contributed by atoms with Crippen molar-refractivity contribution < 1.29 is 14.2 Å². The molecule has 0 aliphatic carbocycles. The molecule has 0 saturated heterocycles. The van der Waals surface area contributed by atoms with Gasteiger partial charge in [-0.05, 0) is 23.9 Å². The molecule has 108 valence electrons. The lowest BCUT2D eigenvalue weighted by molar-refractivity contribution is 0.215. The number of thiophene rings is 1. The fourth-order valence-electron chi connectivity index (χ4n) is 1.94. The molecular weight excluding hydrogens is 274 g/mol. The lowest BCUT2D eigenvalue weighted by atomic mass is 10.2. The molecule has 4 nitrogen and oxygen atoms in total. The summed E-state index contributed by atoms with van der Waals surface area (Å²) in [5, 5.41) is 2.04. The molecule has 2 N–H and O–H groups in total. The van der Waals surface area contributed by atoms with Gasteiger partial charge in [-0.15, -0.1) is 11.3 Å². The molecule has 1 aromatic carbocycles. The summed E-state index contributed by atoms with van der Waals surface area (Å²) in [6, 6.07) is 7.53. The molecule has 0 amide bonds. The van der Waals surface area contributed by atoms with E-state index in [1.807, 2.05) is 17.5 Å². The van der Waals surface area contributed by atoms with Crippen molar-refractivity contribution >= 4 is 11.3 Å². The molecule has 0 fully saturated rings.